The quantitative estimate of drug-likeness (QED) is 0.403. The molecule has 1 aromatic rings. The molecule has 0 amide bonds. The highest BCUT2D eigenvalue weighted by molar-refractivity contribution is 14.0. The van der Waals surface area contributed by atoms with Gasteiger partial charge < -0.3 is 14.7 Å². The van der Waals surface area contributed by atoms with Gasteiger partial charge in [-0.15, -0.1) is 24.0 Å². The molecule has 0 spiro atoms. The van der Waals surface area contributed by atoms with Gasteiger partial charge in [0.05, 0.1) is 5.69 Å². The fourth-order valence-electron chi connectivity index (χ4n) is 4.07. The van der Waals surface area contributed by atoms with Gasteiger partial charge in [0, 0.05) is 37.8 Å². The number of hydrogen-bond acceptors (Lipinski definition) is 4. The number of aliphatic imine (C=N–C) groups is 1. The number of piperidine rings is 1. The van der Waals surface area contributed by atoms with Crippen LogP contribution in [0.3, 0.4) is 0 Å². The van der Waals surface area contributed by atoms with Crippen LogP contribution in [0, 0.1) is 13.8 Å². The summed E-state index contributed by atoms with van der Waals surface area (Å²) < 4.78 is 5.25. The van der Waals surface area contributed by atoms with E-state index in [2.05, 4.69) is 27.2 Å². The molecule has 1 atom stereocenters. The summed E-state index contributed by atoms with van der Waals surface area (Å²) >= 11 is 0. The van der Waals surface area contributed by atoms with Gasteiger partial charge in [-0.25, -0.2) is 0 Å². The molecule has 2 fully saturated rings. The highest BCUT2D eigenvalue weighted by atomic mass is 127. The van der Waals surface area contributed by atoms with Crippen LogP contribution in [-0.2, 0) is 6.42 Å². The predicted octanol–water partition coefficient (Wildman–Crippen LogP) is 2.98. The molecule has 2 aliphatic heterocycles. The first-order valence-electron chi connectivity index (χ1n) is 9.88. The highest BCUT2D eigenvalue weighted by Crippen LogP contribution is 2.20. The molecule has 0 radical (unpaired) electrons. The van der Waals surface area contributed by atoms with Crippen LogP contribution in [0.2, 0.25) is 0 Å². The van der Waals surface area contributed by atoms with Crippen LogP contribution in [0.15, 0.2) is 9.52 Å². The van der Waals surface area contributed by atoms with Gasteiger partial charge in [0.2, 0.25) is 0 Å². The Bertz CT molecular complexity index is 563. The molecule has 2 aliphatic rings. The zero-order valence-corrected chi connectivity index (χ0v) is 18.8. The van der Waals surface area contributed by atoms with E-state index in [0.29, 0.717) is 6.04 Å². The molecule has 3 rings (SSSR count). The van der Waals surface area contributed by atoms with E-state index in [1.165, 1.54) is 44.3 Å². The number of nitrogens with one attached hydrogen (secondary N) is 1. The van der Waals surface area contributed by atoms with Crippen LogP contribution >= 0.6 is 24.0 Å². The molecular weight excluding hydrogens is 441 g/mol. The Morgan fingerprint density at radius 2 is 2.00 bits per heavy atom. The molecule has 26 heavy (non-hydrogen) atoms. The lowest BCUT2D eigenvalue weighted by atomic mass is 10.1. The van der Waals surface area contributed by atoms with Gasteiger partial charge >= 0.3 is 0 Å². The summed E-state index contributed by atoms with van der Waals surface area (Å²) in [6.07, 6.45) is 6.27. The zero-order valence-electron chi connectivity index (χ0n) is 16.5. The maximum Gasteiger partial charge on any atom is 0.193 e. The zero-order chi connectivity index (χ0) is 17.6. The van der Waals surface area contributed by atoms with E-state index < -0.39 is 0 Å². The average molecular weight is 475 g/mol. The predicted molar refractivity (Wildman–Crippen MR) is 116 cm³/mol. The lowest BCUT2D eigenvalue weighted by molar-refractivity contribution is 0.168. The van der Waals surface area contributed by atoms with E-state index in [-0.39, 0.29) is 24.0 Å². The van der Waals surface area contributed by atoms with Crippen molar-refractivity contribution >= 4 is 29.9 Å². The molecule has 6 nitrogen and oxygen atoms in total. The van der Waals surface area contributed by atoms with E-state index in [4.69, 9.17) is 9.52 Å². The number of guanidine groups is 1. The molecule has 1 aromatic heterocycles. The van der Waals surface area contributed by atoms with Crippen molar-refractivity contribution in [3.05, 3.63) is 17.0 Å². The lowest BCUT2D eigenvalue weighted by Gasteiger charge is -2.32. The number of aromatic nitrogens is 1. The van der Waals surface area contributed by atoms with Crippen LogP contribution in [0.1, 0.15) is 49.6 Å². The van der Waals surface area contributed by atoms with Crippen LogP contribution < -0.4 is 5.32 Å². The van der Waals surface area contributed by atoms with Crippen molar-refractivity contribution in [1.82, 2.24) is 20.3 Å². The first kappa shape index (κ1) is 21.5. The SMILES string of the molecule is CCNC(=NCCc1c(C)noc1C)N1CCC(N2CCCCC2)C1.I. The van der Waals surface area contributed by atoms with Crippen LogP contribution in [0.5, 0.6) is 0 Å². The third-order valence-electron chi connectivity index (χ3n) is 5.51. The van der Waals surface area contributed by atoms with Gasteiger partial charge in [0.25, 0.3) is 0 Å². The fraction of sp³-hybridized carbons (Fsp3) is 0.789. The van der Waals surface area contributed by atoms with E-state index in [0.717, 1.165) is 50.0 Å². The highest BCUT2D eigenvalue weighted by Gasteiger charge is 2.29. The molecule has 3 heterocycles. The van der Waals surface area contributed by atoms with Gasteiger partial charge in [-0.1, -0.05) is 11.6 Å². The minimum atomic E-state index is 0. The summed E-state index contributed by atoms with van der Waals surface area (Å²) in [5.74, 6) is 1.98. The van der Waals surface area contributed by atoms with Gasteiger partial charge in [-0.2, -0.15) is 0 Å². The van der Waals surface area contributed by atoms with Gasteiger partial charge in [-0.05, 0) is 59.5 Å². The number of likely N-dealkylation sites (tertiary alicyclic amines) is 2. The largest absolute Gasteiger partial charge is 0.361 e. The summed E-state index contributed by atoms with van der Waals surface area (Å²) in [6.45, 7) is 12.6. The minimum absolute atomic E-state index is 0. The van der Waals surface area contributed by atoms with Gasteiger partial charge in [0.1, 0.15) is 5.76 Å². The molecule has 1 unspecified atom stereocenters. The lowest BCUT2D eigenvalue weighted by Crippen LogP contribution is -2.44. The Morgan fingerprint density at radius 1 is 1.23 bits per heavy atom. The number of halogens is 1. The summed E-state index contributed by atoms with van der Waals surface area (Å²) in [6, 6.07) is 0.701. The Hall–Kier alpha value is -0.830. The number of hydrogen-bond donors (Lipinski definition) is 1. The molecular formula is C19H34IN5O. The maximum absolute atomic E-state index is 5.25. The molecule has 0 bridgehead atoms. The Labute approximate surface area is 174 Å². The Kier molecular flexibility index (Phi) is 8.66. The standard InChI is InChI=1S/C19H33N5O.HI/c1-4-20-19(21-10-8-18-15(2)22-25-16(18)3)24-13-9-17(14-24)23-11-6-5-7-12-23;/h17H,4-14H2,1-3H3,(H,20,21);1H. The maximum atomic E-state index is 5.25. The van der Waals surface area contributed by atoms with Crippen molar-refractivity contribution < 1.29 is 4.52 Å². The Balaban J connectivity index is 0.00000243. The first-order chi connectivity index (χ1) is 12.2. The molecule has 0 saturated carbocycles. The molecule has 7 heteroatoms. The van der Waals surface area contributed by atoms with Crippen LogP contribution in [-0.4, -0.2) is 66.2 Å². The molecule has 0 aromatic carbocycles. The van der Waals surface area contributed by atoms with Crippen LogP contribution in [0.25, 0.3) is 0 Å². The average Bonchev–Trinajstić information content (AvgIpc) is 3.24. The third kappa shape index (κ3) is 5.34. The molecule has 1 N–H and O–H groups in total. The summed E-state index contributed by atoms with van der Waals surface area (Å²) in [5, 5.41) is 7.51. The first-order valence-corrected chi connectivity index (χ1v) is 9.88. The monoisotopic (exact) mass is 475 g/mol. The van der Waals surface area contributed by atoms with E-state index >= 15 is 0 Å². The van der Waals surface area contributed by atoms with E-state index in [9.17, 15) is 0 Å². The summed E-state index contributed by atoms with van der Waals surface area (Å²) in [5.41, 5.74) is 2.19. The second kappa shape index (κ2) is 10.5. The van der Waals surface area contributed by atoms with E-state index in [1.54, 1.807) is 0 Å². The second-order valence-corrected chi connectivity index (χ2v) is 7.27. The third-order valence-corrected chi connectivity index (χ3v) is 5.51. The minimum Gasteiger partial charge on any atom is -0.361 e. The van der Waals surface area contributed by atoms with Crippen molar-refractivity contribution in [3.63, 3.8) is 0 Å². The van der Waals surface area contributed by atoms with Crippen LogP contribution in [0.4, 0.5) is 0 Å². The smallest absolute Gasteiger partial charge is 0.193 e. The van der Waals surface area contributed by atoms with Crippen molar-refractivity contribution in [2.75, 3.05) is 39.3 Å². The number of aryl methyl sites for hydroxylation is 2. The van der Waals surface area contributed by atoms with Crippen molar-refractivity contribution in [2.24, 2.45) is 4.99 Å². The normalized spacial score (nSPS) is 21.7. The van der Waals surface area contributed by atoms with E-state index in [1.807, 2.05) is 13.8 Å². The van der Waals surface area contributed by atoms with Gasteiger partial charge in [-0.3, -0.25) is 9.89 Å². The Morgan fingerprint density at radius 3 is 2.65 bits per heavy atom. The molecule has 0 aliphatic carbocycles. The second-order valence-electron chi connectivity index (χ2n) is 7.27. The van der Waals surface area contributed by atoms with Crippen molar-refractivity contribution in [1.29, 1.82) is 0 Å². The summed E-state index contributed by atoms with van der Waals surface area (Å²) in [4.78, 5) is 10.0. The van der Waals surface area contributed by atoms with Crippen molar-refractivity contribution in [2.45, 2.75) is 58.9 Å². The van der Waals surface area contributed by atoms with Crippen molar-refractivity contribution in [3.8, 4) is 0 Å². The number of rotatable bonds is 5. The molecule has 2 saturated heterocycles. The fourth-order valence-corrected chi connectivity index (χ4v) is 4.07. The molecule has 148 valence electrons. The van der Waals surface area contributed by atoms with Gasteiger partial charge in [0.15, 0.2) is 5.96 Å². The summed E-state index contributed by atoms with van der Waals surface area (Å²) in [7, 11) is 0. The topological polar surface area (TPSA) is 56.9 Å². The number of nitrogens with zero attached hydrogens (tertiary/aromatic N) is 4.